The van der Waals surface area contributed by atoms with Gasteiger partial charge in [-0.15, -0.1) is 0 Å². The summed E-state index contributed by atoms with van der Waals surface area (Å²) in [5.74, 6) is 0.353. The van der Waals surface area contributed by atoms with Crippen molar-refractivity contribution in [1.82, 2.24) is 0 Å². The number of rotatable bonds is 7. The molecule has 1 N–H and O–H groups in total. The Labute approximate surface area is 136 Å². The normalized spacial score (nSPS) is 11.4. The Hall–Kier alpha value is -2.75. The first-order chi connectivity index (χ1) is 11.2. The highest BCUT2D eigenvalue weighted by Crippen LogP contribution is 2.28. The first-order valence-electron chi connectivity index (χ1n) is 7.47. The maximum absolute atomic E-state index is 12.1. The van der Waals surface area contributed by atoms with Crippen LogP contribution in [0.5, 0.6) is 5.75 Å². The zero-order chi connectivity index (χ0) is 16.7. The molecule has 1 atom stereocenters. The quantitative estimate of drug-likeness (QED) is 0.621. The van der Waals surface area contributed by atoms with Gasteiger partial charge in [-0.3, -0.25) is 0 Å². The number of anilines is 1. The van der Waals surface area contributed by atoms with E-state index in [1.807, 2.05) is 54.6 Å². The van der Waals surface area contributed by atoms with Crippen LogP contribution in [-0.4, -0.2) is 19.7 Å². The summed E-state index contributed by atoms with van der Waals surface area (Å²) in [4.78, 5) is 12.1. The minimum Gasteiger partial charge on any atom is -0.497 e. The molecule has 2 aromatic carbocycles. The van der Waals surface area contributed by atoms with E-state index in [0.29, 0.717) is 12.2 Å². The number of methoxy groups -OCH3 is 1. The Kier molecular flexibility index (Phi) is 5.80. The van der Waals surface area contributed by atoms with Gasteiger partial charge in [0, 0.05) is 5.69 Å². The molecule has 0 aliphatic carbocycles. The van der Waals surface area contributed by atoms with Crippen LogP contribution >= 0.6 is 0 Å². The average Bonchev–Trinajstić information content (AvgIpc) is 2.60. The molecular weight excluding hydrogens is 290 g/mol. The average molecular weight is 311 g/mol. The van der Waals surface area contributed by atoms with Crippen LogP contribution < -0.4 is 10.1 Å². The van der Waals surface area contributed by atoms with Crippen molar-refractivity contribution in [2.24, 2.45) is 0 Å². The van der Waals surface area contributed by atoms with Crippen molar-refractivity contribution < 1.29 is 14.3 Å². The van der Waals surface area contributed by atoms with Gasteiger partial charge in [-0.2, -0.15) is 0 Å². The summed E-state index contributed by atoms with van der Waals surface area (Å²) in [6.45, 7) is 6.01. The number of nitrogens with one attached hydrogen (secondary N) is 1. The fourth-order valence-corrected chi connectivity index (χ4v) is 2.21. The van der Waals surface area contributed by atoms with Gasteiger partial charge in [0.2, 0.25) is 0 Å². The molecule has 0 aliphatic rings. The fraction of sp³-hybridized carbons (Fsp3) is 0.211. The molecule has 23 heavy (non-hydrogen) atoms. The molecule has 0 spiro atoms. The fourth-order valence-electron chi connectivity index (χ4n) is 2.21. The zero-order valence-electron chi connectivity index (χ0n) is 13.4. The van der Waals surface area contributed by atoms with E-state index in [4.69, 9.17) is 9.47 Å². The van der Waals surface area contributed by atoms with E-state index in [1.165, 1.54) is 0 Å². The Morgan fingerprint density at radius 1 is 1.13 bits per heavy atom. The van der Waals surface area contributed by atoms with Gasteiger partial charge < -0.3 is 14.8 Å². The van der Waals surface area contributed by atoms with E-state index in [2.05, 4.69) is 11.9 Å². The number of para-hydroxylation sites is 1. The van der Waals surface area contributed by atoms with E-state index in [1.54, 1.807) is 14.0 Å². The van der Waals surface area contributed by atoms with Crippen molar-refractivity contribution in [3.63, 3.8) is 0 Å². The topological polar surface area (TPSA) is 47.6 Å². The lowest BCUT2D eigenvalue weighted by Crippen LogP contribution is -2.20. The molecule has 0 heterocycles. The number of hydrogen-bond acceptors (Lipinski definition) is 4. The second-order valence-electron chi connectivity index (χ2n) is 4.96. The maximum Gasteiger partial charge on any atom is 0.335 e. The molecule has 4 heteroatoms. The van der Waals surface area contributed by atoms with Gasteiger partial charge >= 0.3 is 5.97 Å². The lowest BCUT2D eigenvalue weighted by Gasteiger charge is -2.22. The number of benzene rings is 2. The number of carbonyl (C=O) groups excluding carboxylic acids is 1. The number of hydrogen-bond donors (Lipinski definition) is 1. The Balaban J connectivity index is 2.29. The van der Waals surface area contributed by atoms with Crippen molar-refractivity contribution in [2.45, 2.75) is 13.0 Å². The Morgan fingerprint density at radius 3 is 2.35 bits per heavy atom. The van der Waals surface area contributed by atoms with Crippen LogP contribution in [0.4, 0.5) is 5.69 Å². The van der Waals surface area contributed by atoms with Crippen molar-refractivity contribution in [3.05, 3.63) is 72.3 Å². The van der Waals surface area contributed by atoms with E-state index < -0.39 is 5.97 Å². The summed E-state index contributed by atoms with van der Waals surface area (Å²) in [6.07, 6.45) is 0. The molecule has 0 saturated carbocycles. The first-order valence-corrected chi connectivity index (χ1v) is 7.47. The molecule has 0 unspecified atom stereocenters. The van der Waals surface area contributed by atoms with Crippen LogP contribution in [0.25, 0.3) is 0 Å². The van der Waals surface area contributed by atoms with Crippen LogP contribution in [0.3, 0.4) is 0 Å². The molecule has 2 rings (SSSR count). The summed E-state index contributed by atoms with van der Waals surface area (Å²) in [7, 11) is 1.62. The largest absolute Gasteiger partial charge is 0.497 e. The zero-order valence-corrected chi connectivity index (χ0v) is 13.4. The number of esters is 1. The standard InChI is InChI=1S/C19H21NO3/c1-4-23-19(21)14(2)18(20-16-8-6-5-7-9-16)15-10-12-17(22-3)13-11-15/h5-13,18,20H,2,4H2,1,3H3/t18-/m1/s1. The molecule has 4 nitrogen and oxygen atoms in total. The summed E-state index contributed by atoms with van der Waals surface area (Å²) in [6, 6.07) is 16.8. The second kappa shape index (κ2) is 8.03. The molecule has 2 aromatic rings. The lowest BCUT2D eigenvalue weighted by molar-refractivity contribution is -0.138. The minimum atomic E-state index is -0.406. The molecule has 0 amide bonds. The van der Waals surface area contributed by atoms with Crippen molar-refractivity contribution in [3.8, 4) is 5.75 Å². The smallest absolute Gasteiger partial charge is 0.335 e. The third-order valence-corrected chi connectivity index (χ3v) is 3.42. The highest BCUT2D eigenvalue weighted by molar-refractivity contribution is 5.90. The number of ether oxygens (including phenoxy) is 2. The lowest BCUT2D eigenvalue weighted by atomic mass is 9.99. The summed E-state index contributed by atoms with van der Waals surface area (Å²) >= 11 is 0. The van der Waals surface area contributed by atoms with Crippen molar-refractivity contribution in [1.29, 1.82) is 0 Å². The van der Waals surface area contributed by atoms with Crippen LogP contribution in [0.1, 0.15) is 18.5 Å². The molecule has 0 fully saturated rings. The molecule has 0 saturated heterocycles. The third-order valence-electron chi connectivity index (χ3n) is 3.42. The predicted octanol–water partition coefficient (Wildman–Crippen LogP) is 3.97. The monoisotopic (exact) mass is 311 g/mol. The van der Waals surface area contributed by atoms with E-state index in [0.717, 1.165) is 17.0 Å². The van der Waals surface area contributed by atoms with Gasteiger partial charge in [0.25, 0.3) is 0 Å². The number of carbonyl (C=O) groups is 1. The van der Waals surface area contributed by atoms with E-state index >= 15 is 0 Å². The van der Waals surface area contributed by atoms with E-state index in [9.17, 15) is 4.79 Å². The van der Waals surface area contributed by atoms with Crippen LogP contribution in [0.15, 0.2) is 66.7 Å². The van der Waals surface area contributed by atoms with Crippen molar-refractivity contribution in [2.75, 3.05) is 19.0 Å². The maximum atomic E-state index is 12.1. The molecule has 0 aliphatic heterocycles. The van der Waals surface area contributed by atoms with Gasteiger partial charge in [-0.25, -0.2) is 4.79 Å². The highest BCUT2D eigenvalue weighted by Gasteiger charge is 2.22. The Morgan fingerprint density at radius 2 is 1.78 bits per heavy atom. The molecule has 0 aromatic heterocycles. The highest BCUT2D eigenvalue weighted by atomic mass is 16.5. The Bertz CT molecular complexity index is 650. The van der Waals surface area contributed by atoms with Crippen LogP contribution in [0.2, 0.25) is 0 Å². The van der Waals surface area contributed by atoms with Gasteiger partial charge in [0.1, 0.15) is 5.75 Å². The predicted molar refractivity (Wildman–Crippen MR) is 91.6 cm³/mol. The van der Waals surface area contributed by atoms with Gasteiger partial charge in [-0.1, -0.05) is 36.9 Å². The van der Waals surface area contributed by atoms with Gasteiger partial charge in [0.15, 0.2) is 0 Å². The summed E-state index contributed by atoms with van der Waals surface area (Å²) in [5.41, 5.74) is 2.17. The van der Waals surface area contributed by atoms with Crippen LogP contribution in [-0.2, 0) is 9.53 Å². The van der Waals surface area contributed by atoms with Crippen molar-refractivity contribution >= 4 is 11.7 Å². The molecule has 0 bridgehead atoms. The first kappa shape index (κ1) is 16.6. The summed E-state index contributed by atoms with van der Waals surface area (Å²) < 4.78 is 10.3. The molecule has 120 valence electrons. The minimum absolute atomic E-state index is 0.318. The molecule has 0 radical (unpaired) electrons. The second-order valence-corrected chi connectivity index (χ2v) is 4.96. The van der Waals surface area contributed by atoms with Gasteiger partial charge in [0.05, 0.1) is 25.3 Å². The molecular formula is C19H21NO3. The van der Waals surface area contributed by atoms with Crippen LogP contribution in [0, 0.1) is 0 Å². The third kappa shape index (κ3) is 4.36. The van der Waals surface area contributed by atoms with E-state index in [-0.39, 0.29) is 6.04 Å². The summed E-state index contributed by atoms with van der Waals surface area (Å²) in [5, 5.41) is 3.33. The SMILES string of the molecule is C=C(C(=O)OCC)[C@@H](Nc1ccccc1)c1ccc(OC)cc1. The van der Waals surface area contributed by atoms with Gasteiger partial charge in [-0.05, 0) is 36.8 Å².